The van der Waals surface area contributed by atoms with Crippen molar-refractivity contribution in [2.45, 2.75) is 25.3 Å². The number of carbonyl (C=O) groups is 1. The number of hydrogen-bond donors (Lipinski definition) is 2. The summed E-state index contributed by atoms with van der Waals surface area (Å²) in [5.74, 6) is -0.0144. The van der Waals surface area contributed by atoms with E-state index in [-0.39, 0.29) is 11.4 Å². The van der Waals surface area contributed by atoms with Gasteiger partial charge in [0.2, 0.25) is 0 Å². The molecule has 1 amide bonds. The lowest BCUT2D eigenvalue weighted by molar-refractivity contribution is 0.0890. The summed E-state index contributed by atoms with van der Waals surface area (Å²) in [6.07, 6.45) is 1.92. The van der Waals surface area contributed by atoms with E-state index >= 15 is 0 Å². The summed E-state index contributed by atoms with van der Waals surface area (Å²) in [6.45, 7) is 4.32. The van der Waals surface area contributed by atoms with Gasteiger partial charge in [-0.1, -0.05) is 6.07 Å². The van der Waals surface area contributed by atoms with Gasteiger partial charge in [0, 0.05) is 24.4 Å². The molecule has 2 aliphatic heterocycles. The lowest BCUT2D eigenvalue weighted by atomic mass is 10.0. The van der Waals surface area contributed by atoms with Gasteiger partial charge in [-0.25, -0.2) is 0 Å². The van der Waals surface area contributed by atoms with Gasteiger partial charge in [0.1, 0.15) is 0 Å². The molecule has 4 nitrogen and oxygen atoms in total. The number of fused-ring (bicyclic) bond motifs is 1. The van der Waals surface area contributed by atoms with Crippen molar-refractivity contribution in [3.63, 3.8) is 0 Å². The minimum atomic E-state index is -0.219. The maximum Gasteiger partial charge on any atom is 0.251 e. The molecular formula is C14H18N2O2. The van der Waals surface area contributed by atoms with Gasteiger partial charge in [-0.05, 0) is 37.5 Å². The predicted octanol–water partition coefficient (Wildman–Crippen LogP) is 1.56. The summed E-state index contributed by atoms with van der Waals surface area (Å²) in [7, 11) is 0. The molecule has 2 aliphatic rings. The van der Waals surface area contributed by atoms with E-state index in [2.05, 4.69) is 10.6 Å². The number of rotatable bonds is 2. The molecule has 1 aromatic rings. The van der Waals surface area contributed by atoms with Crippen molar-refractivity contribution < 1.29 is 9.53 Å². The molecule has 3 rings (SSSR count). The first-order valence-electron chi connectivity index (χ1n) is 6.43. The zero-order valence-corrected chi connectivity index (χ0v) is 10.6. The van der Waals surface area contributed by atoms with Gasteiger partial charge in [0.15, 0.2) is 0 Å². The minimum absolute atomic E-state index is 0.0144. The number of ether oxygens (including phenoxy) is 1. The van der Waals surface area contributed by atoms with Gasteiger partial charge < -0.3 is 15.4 Å². The Bertz CT molecular complexity index is 479. The van der Waals surface area contributed by atoms with Gasteiger partial charge in [0.25, 0.3) is 5.91 Å². The molecule has 0 spiro atoms. The molecule has 0 saturated carbocycles. The van der Waals surface area contributed by atoms with Crippen LogP contribution in [-0.2, 0) is 11.2 Å². The van der Waals surface area contributed by atoms with Crippen molar-refractivity contribution in [3.8, 4) is 0 Å². The van der Waals surface area contributed by atoms with Crippen molar-refractivity contribution >= 4 is 11.6 Å². The topological polar surface area (TPSA) is 50.4 Å². The van der Waals surface area contributed by atoms with E-state index in [9.17, 15) is 4.79 Å². The molecule has 1 fully saturated rings. The monoisotopic (exact) mass is 246 g/mol. The Morgan fingerprint density at radius 2 is 2.39 bits per heavy atom. The molecule has 4 heteroatoms. The molecule has 1 atom stereocenters. The number of benzene rings is 1. The summed E-state index contributed by atoms with van der Waals surface area (Å²) < 4.78 is 5.34. The number of amides is 1. The fourth-order valence-electron chi connectivity index (χ4n) is 2.54. The van der Waals surface area contributed by atoms with Crippen LogP contribution in [0.2, 0.25) is 0 Å². The van der Waals surface area contributed by atoms with E-state index in [1.54, 1.807) is 0 Å². The summed E-state index contributed by atoms with van der Waals surface area (Å²) >= 11 is 0. The molecule has 18 heavy (non-hydrogen) atoms. The van der Waals surface area contributed by atoms with Crippen LogP contribution in [0.1, 0.15) is 29.3 Å². The van der Waals surface area contributed by atoms with Crippen molar-refractivity contribution in [2.24, 2.45) is 0 Å². The second kappa shape index (κ2) is 4.28. The number of carbonyl (C=O) groups excluding carboxylic acids is 1. The van der Waals surface area contributed by atoms with E-state index in [1.165, 1.54) is 5.56 Å². The standard InChI is InChI=1S/C14H18N2O2/c1-14(5-7-18-9-14)16-13(17)11-3-2-10-4-6-15-12(10)8-11/h2-3,8,15H,4-7,9H2,1H3,(H,16,17). The minimum Gasteiger partial charge on any atom is -0.384 e. The zero-order valence-electron chi connectivity index (χ0n) is 10.6. The molecule has 0 aromatic heterocycles. The molecule has 96 valence electrons. The Labute approximate surface area is 107 Å². The van der Waals surface area contributed by atoms with Crippen molar-refractivity contribution in [1.82, 2.24) is 5.32 Å². The molecule has 1 unspecified atom stereocenters. The Kier molecular flexibility index (Phi) is 2.74. The first kappa shape index (κ1) is 11.5. The van der Waals surface area contributed by atoms with Gasteiger partial charge in [0.05, 0.1) is 12.1 Å². The van der Waals surface area contributed by atoms with Crippen LogP contribution in [0.5, 0.6) is 0 Å². The molecule has 0 bridgehead atoms. The Balaban J connectivity index is 1.76. The second-order valence-corrected chi connectivity index (χ2v) is 5.37. The molecule has 0 radical (unpaired) electrons. The Hall–Kier alpha value is -1.55. The van der Waals surface area contributed by atoms with Gasteiger partial charge in [-0.15, -0.1) is 0 Å². The average molecular weight is 246 g/mol. The maximum atomic E-state index is 12.2. The Morgan fingerprint density at radius 3 is 3.17 bits per heavy atom. The van der Waals surface area contributed by atoms with E-state index in [0.29, 0.717) is 6.61 Å². The molecular weight excluding hydrogens is 228 g/mol. The normalized spacial score (nSPS) is 25.6. The molecule has 1 aromatic carbocycles. The van der Waals surface area contributed by atoms with Crippen LogP contribution < -0.4 is 10.6 Å². The van der Waals surface area contributed by atoms with E-state index in [4.69, 9.17) is 4.74 Å². The Morgan fingerprint density at radius 1 is 1.50 bits per heavy atom. The van der Waals surface area contributed by atoms with Gasteiger partial charge in [-0.2, -0.15) is 0 Å². The third-order valence-electron chi connectivity index (χ3n) is 3.72. The van der Waals surface area contributed by atoms with Crippen LogP contribution in [0, 0.1) is 0 Å². The third kappa shape index (κ3) is 2.08. The van der Waals surface area contributed by atoms with Crippen LogP contribution in [0.3, 0.4) is 0 Å². The van der Waals surface area contributed by atoms with Crippen LogP contribution in [0.4, 0.5) is 5.69 Å². The van der Waals surface area contributed by atoms with Crippen LogP contribution >= 0.6 is 0 Å². The fourth-order valence-corrected chi connectivity index (χ4v) is 2.54. The quantitative estimate of drug-likeness (QED) is 0.832. The summed E-state index contributed by atoms with van der Waals surface area (Å²) in [5.41, 5.74) is 2.89. The first-order chi connectivity index (χ1) is 8.66. The highest BCUT2D eigenvalue weighted by Crippen LogP contribution is 2.24. The van der Waals surface area contributed by atoms with E-state index in [1.807, 2.05) is 25.1 Å². The van der Waals surface area contributed by atoms with E-state index < -0.39 is 0 Å². The maximum absolute atomic E-state index is 12.2. The van der Waals surface area contributed by atoms with Crippen LogP contribution in [0.15, 0.2) is 18.2 Å². The first-order valence-corrected chi connectivity index (χ1v) is 6.43. The van der Waals surface area contributed by atoms with Crippen molar-refractivity contribution in [1.29, 1.82) is 0 Å². The number of nitrogens with one attached hydrogen (secondary N) is 2. The summed E-state index contributed by atoms with van der Waals surface area (Å²) in [6, 6.07) is 5.88. The van der Waals surface area contributed by atoms with Crippen LogP contribution in [0.25, 0.3) is 0 Å². The number of anilines is 1. The van der Waals surface area contributed by atoms with E-state index in [0.717, 1.165) is 37.2 Å². The highest BCUT2D eigenvalue weighted by Gasteiger charge is 2.31. The number of hydrogen-bond acceptors (Lipinski definition) is 3. The van der Waals surface area contributed by atoms with Crippen molar-refractivity contribution in [2.75, 3.05) is 25.1 Å². The van der Waals surface area contributed by atoms with Crippen LogP contribution in [-0.4, -0.2) is 31.2 Å². The average Bonchev–Trinajstić information content (AvgIpc) is 2.96. The molecule has 2 heterocycles. The highest BCUT2D eigenvalue weighted by atomic mass is 16.5. The van der Waals surface area contributed by atoms with Crippen molar-refractivity contribution in [3.05, 3.63) is 29.3 Å². The van der Waals surface area contributed by atoms with Gasteiger partial charge in [-0.3, -0.25) is 4.79 Å². The largest absolute Gasteiger partial charge is 0.384 e. The zero-order chi connectivity index (χ0) is 12.6. The summed E-state index contributed by atoms with van der Waals surface area (Å²) in [5, 5.41) is 6.36. The summed E-state index contributed by atoms with van der Waals surface area (Å²) in [4.78, 5) is 12.2. The third-order valence-corrected chi connectivity index (χ3v) is 3.72. The lowest BCUT2D eigenvalue weighted by Crippen LogP contribution is -2.46. The smallest absolute Gasteiger partial charge is 0.251 e. The molecule has 0 aliphatic carbocycles. The molecule has 2 N–H and O–H groups in total. The predicted molar refractivity (Wildman–Crippen MR) is 69.9 cm³/mol. The SMILES string of the molecule is CC1(NC(=O)c2ccc3c(c2)NCC3)CCOC1. The highest BCUT2D eigenvalue weighted by molar-refractivity contribution is 5.96. The molecule has 1 saturated heterocycles. The lowest BCUT2D eigenvalue weighted by Gasteiger charge is -2.23. The second-order valence-electron chi connectivity index (χ2n) is 5.37. The fraction of sp³-hybridized carbons (Fsp3) is 0.500. The van der Waals surface area contributed by atoms with Gasteiger partial charge >= 0.3 is 0 Å².